The normalized spacial score (nSPS) is 19.8. The summed E-state index contributed by atoms with van der Waals surface area (Å²) in [6, 6.07) is 29.5. The molecule has 6 rings (SSSR count). The van der Waals surface area contributed by atoms with Gasteiger partial charge in [0, 0.05) is 30.0 Å². The van der Waals surface area contributed by atoms with Crippen LogP contribution in [-0.4, -0.2) is 52.1 Å². The fourth-order valence-corrected chi connectivity index (χ4v) is 8.12. The van der Waals surface area contributed by atoms with Crippen molar-refractivity contribution in [1.82, 2.24) is 19.5 Å². The van der Waals surface area contributed by atoms with Crippen molar-refractivity contribution in [3.63, 3.8) is 0 Å². The highest BCUT2D eigenvalue weighted by Crippen LogP contribution is 2.43. The number of amides is 1. The van der Waals surface area contributed by atoms with Crippen molar-refractivity contribution < 1.29 is 27.8 Å². The number of carbonyl (C=O) groups excluding carboxylic acids is 1. The number of nitrogens with zero attached hydrogens (tertiary/aromatic N) is 3. The molecule has 5 aromatic rings. The predicted octanol–water partition coefficient (Wildman–Crippen LogP) is 5.73. The van der Waals surface area contributed by atoms with E-state index in [0.717, 1.165) is 27.4 Å². The lowest BCUT2D eigenvalue weighted by molar-refractivity contribution is -0.268. The van der Waals surface area contributed by atoms with Crippen molar-refractivity contribution in [1.29, 1.82) is 0 Å². The van der Waals surface area contributed by atoms with Gasteiger partial charge in [0.05, 0.1) is 23.7 Å². The fraction of sp³-hybridized carbons (Fsp3) is 0.289. The average Bonchev–Trinajstić information content (AvgIpc) is 3.55. The highest BCUT2D eigenvalue weighted by Gasteiger charge is 2.39. The van der Waals surface area contributed by atoms with Crippen LogP contribution in [0, 0.1) is 12.8 Å². The topological polar surface area (TPSA) is 145 Å². The number of sulfonamides is 1. The van der Waals surface area contributed by atoms with Crippen molar-refractivity contribution >= 4 is 33.4 Å². The van der Waals surface area contributed by atoms with Gasteiger partial charge in [0.15, 0.2) is 11.4 Å². The molecule has 4 aromatic carbocycles. The molecule has 1 fully saturated rings. The Balaban J connectivity index is 1.24. The number of nitrogens with one attached hydrogen (secondary N) is 2. The summed E-state index contributed by atoms with van der Waals surface area (Å²) in [6.45, 7) is 3.91. The maximum atomic E-state index is 13.8. The molecular weight excluding hydrogens is 687 g/mol. The van der Waals surface area contributed by atoms with Gasteiger partial charge in [-0.15, -0.1) is 10.2 Å². The molecule has 13 heteroatoms. The number of ether oxygens (including phenoxy) is 2. The van der Waals surface area contributed by atoms with Gasteiger partial charge in [0.25, 0.3) is 0 Å². The van der Waals surface area contributed by atoms with Crippen LogP contribution in [0.3, 0.4) is 0 Å². The molecule has 51 heavy (non-hydrogen) atoms. The Morgan fingerprint density at radius 1 is 0.941 bits per heavy atom. The van der Waals surface area contributed by atoms with Gasteiger partial charge in [0.2, 0.25) is 15.9 Å². The molecule has 1 aliphatic heterocycles. The molecule has 0 radical (unpaired) electrons. The van der Waals surface area contributed by atoms with Gasteiger partial charge in [-0.3, -0.25) is 4.79 Å². The molecule has 3 N–H and O–H groups in total. The molecule has 2 heterocycles. The van der Waals surface area contributed by atoms with E-state index in [1.807, 2.05) is 79.2 Å². The fourth-order valence-electron chi connectivity index (χ4n) is 5.87. The SMILES string of the molecule is Cc1ccc(S(=O)(=O)NC(Cc2ccccc2)C(=O)Nc2cccc(C3OC(CSc4nncn4C)C(C)C(c4ccc(CO)cc4)O3)c2)cc1. The lowest BCUT2D eigenvalue weighted by Crippen LogP contribution is -2.45. The molecule has 0 bridgehead atoms. The number of anilines is 1. The zero-order valence-corrected chi connectivity index (χ0v) is 30.2. The van der Waals surface area contributed by atoms with E-state index in [1.54, 1.807) is 48.4 Å². The van der Waals surface area contributed by atoms with Crippen LogP contribution in [-0.2, 0) is 44.4 Å². The number of aromatic nitrogens is 3. The third-order valence-corrected chi connectivity index (χ3v) is 11.4. The molecular formula is C38H41N5O6S2. The lowest BCUT2D eigenvalue weighted by atomic mass is 9.91. The highest BCUT2D eigenvalue weighted by atomic mass is 32.2. The molecule has 0 saturated carbocycles. The lowest BCUT2D eigenvalue weighted by Gasteiger charge is -2.41. The van der Waals surface area contributed by atoms with Gasteiger partial charge in [-0.05, 0) is 54.3 Å². The molecule has 1 aromatic heterocycles. The van der Waals surface area contributed by atoms with Crippen LogP contribution in [0.5, 0.6) is 0 Å². The van der Waals surface area contributed by atoms with Crippen LogP contribution in [0.4, 0.5) is 5.69 Å². The Hall–Kier alpha value is -4.37. The second-order valence-electron chi connectivity index (χ2n) is 12.6. The summed E-state index contributed by atoms with van der Waals surface area (Å²) in [5, 5.41) is 21.5. The summed E-state index contributed by atoms with van der Waals surface area (Å²) in [6.07, 6.45) is 0.462. The van der Waals surface area contributed by atoms with E-state index < -0.39 is 28.3 Å². The second-order valence-corrected chi connectivity index (χ2v) is 15.3. The number of aryl methyl sites for hydroxylation is 2. The first-order valence-corrected chi connectivity index (χ1v) is 19.1. The summed E-state index contributed by atoms with van der Waals surface area (Å²) in [5.41, 5.74) is 4.64. The quantitative estimate of drug-likeness (QED) is 0.130. The zero-order chi connectivity index (χ0) is 36.0. The van der Waals surface area contributed by atoms with Crippen LogP contribution in [0.15, 0.2) is 120 Å². The van der Waals surface area contributed by atoms with E-state index >= 15 is 0 Å². The summed E-state index contributed by atoms with van der Waals surface area (Å²) in [7, 11) is -2.12. The number of carbonyl (C=O) groups is 1. The van der Waals surface area contributed by atoms with Crippen molar-refractivity contribution in [2.45, 2.75) is 61.5 Å². The van der Waals surface area contributed by atoms with E-state index in [1.165, 1.54) is 12.1 Å². The van der Waals surface area contributed by atoms with Crippen LogP contribution >= 0.6 is 11.8 Å². The van der Waals surface area contributed by atoms with Gasteiger partial charge in [-0.2, -0.15) is 4.72 Å². The first-order valence-electron chi connectivity index (χ1n) is 16.6. The molecule has 1 amide bonds. The minimum atomic E-state index is -4.01. The van der Waals surface area contributed by atoms with Crippen molar-refractivity contribution in [2.24, 2.45) is 13.0 Å². The smallest absolute Gasteiger partial charge is 0.242 e. The van der Waals surface area contributed by atoms with Crippen LogP contribution in [0.2, 0.25) is 0 Å². The third kappa shape index (κ3) is 9.11. The Morgan fingerprint density at radius 2 is 1.69 bits per heavy atom. The summed E-state index contributed by atoms with van der Waals surface area (Å²) >= 11 is 1.55. The zero-order valence-electron chi connectivity index (χ0n) is 28.5. The standard InChI is InChI=1S/C38H41N5O6S2/c1-25-12-18-32(19-13-25)51(46,47)42-33(20-27-8-5-4-6-9-27)36(45)40-31-11-7-10-30(21-31)37-48-34(23-50-38-41-39-24-43(38)3)26(2)35(49-37)29-16-14-28(22-44)15-17-29/h4-19,21,24,26,33-35,37,42,44H,20,22-23H2,1-3H3,(H,40,45). The summed E-state index contributed by atoms with van der Waals surface area (Å²) in [4.78, 5) is 13.9. The van der Waals surface area contributed by atoms with Gasteiger partial charge >= 0.3 is 0 Å². The Bertz CT molecular complexity index is 2020. The third-order valence-electron chi connectivity index (χ3n) is 8.82. The van der Waals surface area contributed by atoms with Crippen LogP contribution in [0.1, 0.15) is 47.1 Å². The Kier molecular flexibility index (Phi) is 11.7. The number of aliphatic hydroxyl groups is 1. The first kappa shape index (κ1) is 36.4. The first-order chi connectivity index (χ1) is 24.6. The summed E-state index contributed by atoms with van der Waals surface area (Å²) in [5.74, 6) is 0.0491. The van der Waals surface area contributed by atoms with E-state index in [2.05, 4.69) is 27.2 Å². The number of hydrogen-bond donors (Lipinski definition) is 3. The predicted molar refractivity (Wildman–Crippen MR) is 195 cm³/mol. The molecule has 266 valence electrons. The molecule has 0 aliphatic carbocycles. The maximum absolute atomic E-state index is 13.8. The highest BCUT2D eigenvalue weighted by molar-refractivity contribution is 7.99. The van der Waals surface area contributed by atoms with E-state index in [9.17, 15) is 18.3 Å². The number of rotatable bonds is 13. The number of thioether (sulfide) groups is 1. The van der Waals surface area contributed by atoms with E-state index in [4.69, 9.17) is 9.47 Å². The minimum Gasteiger partial charge on any atom is -0.392 e. The largest absolute Gasteiger partial charge is 0.392 e. The molecule has 0 spiro atoms. The van der Waals surface area contributed by atoms with Crippen molar-refractivity contribution in [2.75, 3.05) is 11.1 Å². The second kappa shape index (κ2) is 16.3. The van der Waals surface area contributed by atoms with Gasteiger partial charge in [-0.1, -0.05) is 103 Å². The Morgan fingerprint density at radius 3 is 2.37 bits per heavy atom. The van der Waals surface area contributed by atoms with E-state index in [-0.39, 0.29) is 36.0 Å². The molecule has 1 saturated heterocycles. The van der Waals surface area contributed by atoms with E-state index in [0.29, 0.717) is 17.0 Å². The number of aliphatic hydroxyl groups excluding tert-OH is 1. The van der Waals surface area contributed by atoms with Crippen molar-refractivity contribution in [3.05, 3.63) is 137 Å². The van der Waals surface area contributed by atoms with Gasteiger partial charge in [-0.25, -0.2) is 8.42 Å². The maximum Gasteiger partial charge on any atom is 0.242 e. The summed E-state index contributed by atoms with van der Waals surface area (Å²) < 4.78 is 44.5. The van der Waals surface area contributed by atoms with Gasteiger partial charge < -0.3 is 24.5 Å². The van der Waals surface area contributed by atoms with Crippen LogP contribution in [0.25, 0.3) is 0 Å². The molecule has 5 atom stereocenters. The average molecular weight is 728 g/mol. The minimum absolute atomic E-state index is 0.0369. The van der Waals surface area contributed by atoms with Crippen LogP contribution < -0.4 is 10.0 Å². The molecule has 1 aliphatic rings. The monoisotopic (exact) mass is 727 g/mol. The Labute approximate surface area is 302 Å². The molecule has 11 nitrogen and oxygen atoms in total. The van der Waals surface area contributed by atoms with Crippen molar-refractivity contribution in [3.8, 4) is 0 Å². The van der Waals surface area contributed by atoms with Gasteiger partial charge in [0.1, 0.15) is 12.4 Å². The number of benzene rings is 4. The molecule has 5 unspecified atom stereocenters. The number of hydrogen-bond acceptors (Lipinski definition) is 9.